The van der Waals surface area contributed by atoms with Crippen LogP contribution in [0.1, 0.15) is 35.6 Å². The molecule has 1 aromatic heterocycles. The number of carbonyl (C=O) groups excluding carboxylic acids is 1. The third-order valence-corrected chi connectivity index (χ3v) is 3.47. The molecule has 1 fully saturated rings. The lowest BCUT2D eigenvalue weighted by Crippen LogP contribution is -2.20. The van der Waals surface area contributed by atoms with Crippen LogP contribution in [0, 0.1) is 13.8 Å². The summed E-state index contributed by atoms with van der Waals surface area (Å²) in [6.07, 6.45) is 2.39. The molecule has 1 aliphatic carbocycles. The van der Waals surface area contributed by atoms with E-state index in [4.69, 9.17) is 0 Å². The fraction of sp³-hybridized carbons (Fsp3) is 0.333. The molecule has 1 aliphatic rings. The molecule has 3 rings (SSSR count). The Bertz CT molecular complexity index is 643. The van der Waals surface area contributed by atoms with Gasteiger partial charge in [-0.3, -0.25) is 10.4 Å². The molecular formula is C15H18N4O. The van der Waals surface area contributed by atoms with E-state index in [9.17, 15) is 4.79 Å². The van der Waals surface area contributed by atoms with Gasteiger partial charge in [0.25, 0.3) is 0 Å². The number of aromatic nitrogens is 2. The molecule has 0 bridgehead atoms. The number of hydrogen-bond donors (Lipinski definition) is 3. The van der Waals surface area contributed by atoms with Crippen LogP contribution in [0.25, 0.3) is 0 Å². The summed E-state index contributed by atoms with van der Waals surface area (Å²) in [5, 5.41) is 12.7. The van der Waals surface area contributed by atoms with Gasteiger partial charge in [-0.1, -0.05) is 17.7 Å². The van der Waals surface area contributed by atoms with Crippen LogP contribution < -0.4 is 10.6 Å². The fourth-order valence-corrected chi connectivity index (χ4v) is 2.22. The molecule has 1 saturated carbocycles. The summed E-state index contributed by atoms with van der Waals surface area (Å²) in [5.41, 5.74) is 4.07. The van der Waals surface area contributed by atoms with Crippen LogP contribution >= 0.6 is 0 Å². The molecule has 0 saturated heterocycles. The van der Waals surface area contributed by atoms with Gasteiger partial charge in [0.2, 0.25) is 0 Å². The summed E-state index contributed by atoms with van der Waals surface area (Å²) < 4.78 is 0. The summed E-state index contributed by atoms with van der Waals surface area (Å²) >= 11 is 0. The first kappa shape index (κ1) is 12.7. The first-order valence-corrected chi connectivity index (χ1v) is 6.82. The van der Waals surface area contributed by atoms with Crippen molar-refractivity contribution in [1.82, 2.24) is 10.2 Å². The van der Waals surface area contributed by atoms with Gasteiger partial charge in [0.1, 0.15) is 5.82 Å². The van der Waals surface area contributed by atoms with Gasteiger partial charge in [-0.05, 0) is 38.3 Å². The minimum atomic E-state index is -0.261. The van der Waals surface area contributed by atoms with Gasteiger partial charge in [-0.25, -0.2) is 4.79 Å². The average Bonchev–Trinajstić information content (AvgIpc) is 3.14. The highest BCUT2D eigenvalue weighted by Gasteiger charge is 2.26. The van der Waals surface area contributed by atoms with E-state index in [1.807, 2.05) is 38.1 Å². The lowest BCUT2D eigenvalue weighted by molar-refractivity contribution is 0.262. The number of benzene rings is 1. The number of rotatable bonds is 3. The molecule has 2 aromatic rings. The van der Waals surface area contributed by atoms with Crippen molar-refractivity contribution in [1.29, 1.82) is 0 Å². The smallest absolute Gasteiger partial charge is 0.307 e. The van der Waals surface area contributed by atoms with Gasteiger partial charge < -0.3 is 5.32 Å². The van der Waals surface area contributed by atoms with Gasteiger partial charge in [-0.2, -0.15) is 5.10 Å². The van der Waals surface area contributed by atoms with E-state index in [1.54, 1.807) is 0 Å². The Balaban J connectivity index is 1.63. The van der Waals surface area contributed by atoms with Crippen molar-refractivity contribution in [2.45, 2.75) is 32.6 Å². The van der Waals surface area contributed by atoms with E-state index in [2.05, 4.69) is 20.8 Å². The minimum Gasteiger partial charge on any atom is -0.307 e. The van der Waals surface area contributed by atoms with Gasteiger partial charge >= 0.3 is 6.03 Å². The van der Waals surface area contributed by atoms with Crippen LogP contribution in [0.3, 0.4) is 0 Å². The predicted molar refractivity (Wildman–Crippen MR) is 79.1 cm³/mol. The zero-order valence-corrected chi connectivity index (χ0v) is 11.7. The predicted octanol–water partition coefficient (Wildman–Crippen LogP) is 3.55. The second-order valence-corrected chi connectivity index (χ2v) is 5.38. The molecule has 0 unspecified atom stereocenters. The number of urea groups is 1. The van der Waals surface area contributed by atoms with E-state index >= 15 is 0 Å². The van der Waals surface area contributed by atoms with E-state index in [0.29, 0.717) is 11.7 Å². The Labute approximate surface area is 117 Å². The normalized spacial score (nSPS) is 14.1. The molecule has 3 N–H and O–H groups in total. The number of nitrogens with one attached hydrogen (secondary N) is 3. The number of aromatic amines is 1. The standard InChI is InChI=1S/C15H18N4O/c1-9-3-6-12(10(2)7-9)16-15(20)17-14-8-13(18-19-14)11-4-5-11/h3,6-8,11H,4-5H2,1-2H3,(H3,16,17,18,19,20). The molecule has 20 heavy (non-hydrogen) atoms. The molecule has 2 amide bonds. The Kier molecular flexibility index (Phi) is 3.18. The van der Waals surface area contributed by atoms with Crippen LogP contribution in [0.5, 0.6) is 0 Å². The molecular weight excluding hydrogens is 252 g/mol. The van der Waals surface area contributed by atoms with E-state index < -0.39 is 0 Å². The highest BCUT2D eigenvalue weighted by Crippen LogP contribution is 2.39. The van der Waals surface area contributed by atoms with Crippen LogP contribution in [-0.2, 0) is 0 Å². The minimum absolute atomic E-state index is 0.261. The zero-order chi connectivity index (χ0) is 14.1. The maximum absolute atomic E-state index is 11.9. The number of H-pyrrole nitrogens is 1. The Morgan fingerprint density at radius 3 is 2.75 bits per heavy atom. The van der Waals surface area contributed by atoms with Gasteiger partial charge in [0.15, 0.2) is 0 Å². The second-order valence-electron chi connectivity index (χ2n) is 5.38. The molecule has 104 valence electrons. The number of carbonyl (C=O) groups is 1. The lowest BCUT2D eigenvalue weighted by Gasteiger charge is -2.09. The maximum atomic E-state index is 11.9. The van der Waals surface area contributed by atoms with Crippen LogP contribution in [-0.4, -0.2) is 16.2 Å². The van der Waals surface area contributed by atoms with Crippen LogP contribution in [0.2, 0.25) is 0 Å². The molecule has 0 atom stereocenters. The molecule has 5 heteroatoms. The first-order chi connectivity index (χ1) is 9.61. The van der Waals surface area contributed by atoms with Crippen molar-refractivity contribution in [3.05, 3.63) is 41.1 Å². The highest BCUT2D eigenvalue weighted by atomic mass is 16.2. The van der Waals surface area contributed by atoms with Crippen molar-refractivity contribution in [2.75, 3.05) is 10.6 Å². The van der Waals surface area contributed by atoms with Crippen molar-refractivity contribution in [3.63, 3.8) is 0 Å². The average molecular weight is 270 g/mol. The Morgan fingerprint density at radius 1 is 1.25 bits per heavy atom. The number of nitrogens with zero attached hydrogens (tertiary/aromatic N) is 1. The first-order valence-electron chi connectivity index (χ1n) is 6.82. The SMILES string of the molecule is Cc1ccc(NC(=O)Nc2cc(C3CC3)n[nH]2)c(C)c1. The fourth-order valence-electron chi connectivity index (χ4n) is 2.22. The Morgan fingerprint density at radius 2 is 2.05 bits per heavy atom. The van der Waals surface area contributed by atoms with Crippen LogP contribution in [0.4, 0.5) is 16.3 Å². The summed E-state index contributed by atoms with van der Waals surface area (Å²) in [6, 6.07) is 7.57. The number of hydrogen-bond acceptors (Lipinski definition) is 2. The molecule has 0 aliphatic heterocycles. The van der Waals surface area contributed by atoms with E-state index in [1.165, 1.54) is 18.4 Å². The van der Waals surface area contributed by atoms with Gasteiger partial charge in [0.05, 0.1) is 5.69 Å². The third kappa shape index (κ3) is 2.82. The second kappa shape index (κ2) is 5.00. The molecule has 1 aromatic carbocycles. The van der Waals surface area contributed by atoms with Gasteiger partial charge in [-0.15, -0.1) is 0 Å². The Hall–Kier alpha value is -2.30. The molecule has 0 radical (unpaired) electrons. The highest BCUT2D eigenvalue weighted by molar-refractivity contribution is 5.99. The van der Waals surface area contributed by atoms with Gasteiger partial charge in [0, 0.05) is 17.7 Å². The van der Waals surface area contributed by atoms with Crippen molar-refractivity contribution >= 4 is 17.5 Å². The van der Waals surface area contributed by atoms with Crippen molar-refractivity contribution in [2.24, 2.45) is 0 Å². The summed E-state index contributed by atoms with van der Waals surface area (Å²) in [6.45, 7) is 4.00. The number of aryl methyl sites for hydroxylation is 2. The molecule has 1 heterocycles. The number of anilines is 2. The monoisotopic (exact) mass is 270 g/mol. The lowest BCUT2D eigenvalue weighted by atomic mass is 10.1. The van der Waals surface area contributed by atoms with E-state index in [-0.39, 0.29) is 6.03 Å². The largest absolute Gasteiger partial charge is 0.324 e. The summed E-state index contributed by atoms with van der Waals surface area (Å²) in [5.74, 6) is 1.21. The zero-order valence-electron chi connectivity index (χ0n) is 11.7. The maximum Gasteiger partial charge on any atom is 0.324 e. The quantitative estimate of drug-likeness (QED) is 0.798. The van der Waals surface area contributed by atoms with Crippen molar-refractivity contribution in [3.8, 4) is 0 Å². The van der Waals surface area contributed by atoms with E-state index in [0.717, 1.165) is 16.9 Å². The number of amides is 2. The topological polar surface area (TPSA) is 69.8 Å². The summed E-state index contributed by atoms with van der Waals surface area (Å²) in [7, 11) is 0. The third-order valence-electron chi connectivity index (χ3n) is 3.47. The molecule has 0 spiro atoms. The van der Waals surface area contributed by atoms with Crippen molar-refractivity contribution < 1.29 is 4.79 Å². The summed E-state index contributed by atoms with van der Waals surface area (Å²) in [4.78, 5) is 11.9. The molecule has 5 nitrogen and oxygen atoms in total. The van der Waals surface area contributed by atoms with Crippen LogP contribution in [0.15, 0.2) is 24.3 Å².